The summed E-state index contributed by atoms with van der Waals surface area (Å²) >= 11 is 0. The van der Waals surface area contributed by atoms with E-state index < -0.39 is 0 Å². The predicted molar refractivity (Wildman–Crippen MR) is 90.9 cm³/mol. The molecule has 0 atom stereocenters. The van der Waals surface area contributed by atoms with Crippen LogP contribution in [0.2, 0.25) is 0 Å². The van der Waals surface area contributed by atoms with Crippen LogP contribution in [-0.4, -0.2) is 24.8 Å². The number of ether oxygens (including phenoxy) is 1. The predicted octanol–water partition coefficient (Wildman–Crippen LogP) is 3.49. The summed E-state index contributed by atoms with van der Waals surface area (Å²) in [7, 11) is 0. The molecule has 118 valence electrons. The molecular formula is C19H19NO3. The Hall–Kier alpha value is -2.88. The van der Waals surface area contributed by atoms with Gasteiger partial charge < -0.3 is 9.64 Å². The molecule has 2 rings (SSSR count). The third-order valence-corrected chi connectivity index (χ3v) is 3.30. The maximum atomic E-state index is 12.4. The number of ketones is 1. The van der Waals surface area contributed by atoms with E-state index in [2.05, 4.69) is 6.58 Å². The zero-order valence-corrected chi connectivity index (χ0v) is 13.1. The van der Waals surface area contributed by atoms with E-state index in [1.807, 2.05) is 30.3 Å². The Labute approximate surface area is 136 Å². The fraction of sp³-hybridized carbons (Fsp3) is 0.158. The molecular weight excluding hydrogens is 290 g/mol. The quantitative estimate of drug-likeness (QED) is 0.581. The van der Waals surface area contributed by atoms with Gasteiger partial charge in [0.25, 0.3) is 5.91 Å². The number of amides is 1. The molecule has 0 radical (unpaired) electrons. The average molecular weight is 309 g/mol. The number of anilines is 1. The Kier molecular flexibility index (Phi) is 5.69. The lowest BCUT2D eigenvalue weighted by Crippen LogP contribution is -2.35. The van der Waals surface area contributed by atoms with Crippen LogP contribution in [0.5, 0.6) is 5.75 Å². The molecule has 0 heterocycles. The Morgan fingerprint density at radius 2 is 1.74 bits per heavy atom. The molecule has 0 aliphatic heterocycles. The van der Waals surface area contributed by atoms with Gasteiger partial charge in [-0.25, -0.2) is 0 Å². The summed E-state index contributed by atoms with van der Waals surface area (Å²) in [5.74, 6) is 0.385. The van der Waals surface area contributed by atoms with Gasteiger partial charge in [0.1, 0.15) is 5.75 Å². The fourth-order valence-corrected chi connectivity index (χ4v) is 2.10. The molecule has 4 nitrogen and oxygen atoms in total. The molecule has 0 aliphatic carbocycles. The van der Waals surface area contributed by atoms with Crippen molar-refractivity contribution < 1.29 is 14.3 Å². The highest BCUT2D eigenvalue weighted by atomic mass is 16.5. The van der Waals surface area contributed by atoms with E-state index in [4.69, 9.17) is 4.74 Å². The molecule has 2 aromatic rings. The van der Waals surface area contributed by atoms with Crippen LogP contribution in [-0.2, 0) is 4.79 Å². The molecule has 2 aromatic carbocycles. The lowest BCUT2D eigenvalue weighted by Gasteiger charge is -2.21. The van der Waals surface area contributed by atoms with Crippen LogP contribution >= 0.6 is 0 Å². The molecule has 0 fully saturated rings. The summed E-state index contributed by atoms with van der Waals surface area (Å²) < 4.78 is 5.51. The molecule has 0 spiro atoms. The van der Waals surface area contributed by atoms with Crippen molar-refractivity contribution in [3.8, 4) is 5.75 Å². The number of hydrogen-bond acceptors (Lipinski definition) is 3. The van der Waals surface area contributed by atoms with Crippen molar-refractivity contribution >= 4 is 17.4 Å². The summed E-state index contributed by atoms with van der Waals surface area (Å²) in [4.78, 5) is 25.2. The molecule has 0 saturated heterocycles. The molecule has 0 unspecified atom stereocenters. The summed E-state index contributed by atoms with van der Waals surface area (Å²) in [6.45, 7) is 5.52. The number of carbonyl (C=O) groups is 2. The van der Waals surface area contributed by atoms with Crippen molar-refractivity contribution in [2.45, 2.75) is 6.92 Å². The number of rotatable bonds is 7. The summed E-state index contributed by atoms with van der Waals surface area (Å²) in [5, 5.41) is 0. The van der Waals surface area contributed by atoms with Gasteiger partial charge in [0.2, 0.25) is 0 Å². The van der Waals surface area contributed by atoms with E-state index >= 15 is 0 Å². The number of Topliss-reactive ketones (excluding diaryl/α,β-unsaturated/α-hetero) is 1. The van der Waals surface area contributed by atoms with Crippen molar-refractivity contribution in [1.82, 2.24) is 0 Å². The molecule has 1 amide bonds. The Morgan fingerprint density at radius 1 is 1.09 bits per heavy atom. The minimum Gasteiger partial charge on any atom is -0.484 e. The van der Waals surface area contributed by atoms with Gasteiger partial charge in [-0.2, -0.15) is 0 Å². The van der Waals surface area contributed by atoms with Gasteiger partial charge in [-0.1, -0.05) is 24.3 Å². The Bertz CT molecular complexity index is 678. The molecule has 0 aliphatic rings. The van der Waals surface area contributed by atoms with Gasteiger partial charge in [-0.3, -0.25) is 9.59 Å². The van der Waals surface area contributed by atoms with Crippen molar-refractivity contribution in [3.63, 3.8) is 0 Å². The average Bonchev–Trinajstić information content (AvgIpc) is 2.58. The van der Waals surface area contributed by atoms with Crippen LogP contribution in [0.25, 0.3) is 0 Å². The van der Waals surface area contributed by atoms with Crippen LogP contribution in [0.1, 0.15) is 17.3 Å². The van der Waals surface area contributed by atoms with Crippen LogP contribution in [0.3, 0.4) is 0 Å². The number of hydrogen-bond donors (Lipinski definition) is 0. The van der Waals surface area contributed by atoms with E-state index in [1.165, 1.54) is 6.92 Å². The first-order chi connectivity index (χ1) is 11.1. The fourth-order valence-electron chi connectivity index (χ4n) is 2.10. The second kappa shape index (κ2) is 7.94. The second-order valence-electron chi connectivity index (χ2n) is 5.00. The largest absolute Gasteiger partial charge is 0.484 e. The zero-order valence-electron chi connectivity index (χ0n) is 13.1. The maximum absolute atomic E-state index is 12.4. The SMILES string of the molecule is C=CCN(C(=O)COc1ccc(C(C)=O)cc1)c1ccccc1. The number of carbonyl (C=O) groups excluding carboxylic acids is 2. The Balaban J connectivity index is 2.01. The highest BCUT2D eigenvalue weighted by Crippen LogP contribution is 2.15. The van der Waals surface area contributed by atoms with E-state index in [1.54, 1.807) is 35.2 Å². The van der Waals surface area contributed by atoms with E-state index in [-0.39, 0.29) is 18.3 Å². The summed E-state index contributed by atoms with van der Waals surface area (Å²) in [6, 6.07) is 16.1. The zero-order chi connectivity index (χ0) is 16.7. The second-order valence-corrected chi connectivity index (χ2v) is 5.00. The standard InChI is InChI=1S/C19H19NO3/c1-3-13-20(17-7-5-4-6-8-17)19(22)14-23-18-11-9-16(10-12-18)15(2)21/h3-12H,1,13-14H2,2H3. The summed E-state index contributed by atoms with van der Waals surface area (Å²) in [5.41, 5.74) is 1.41. The minimum atomic E-state index is -0.160. The highest BCUT2D eigenvalue weighted by Gasteiger charge is 2.14. The molecule has 0 aromatic heterocycles. The smallest absolute Gasteiger partial charge is 0.265 e. The van der Waals surface area contributed by atoms with Crippen LogP contribution in [0.4, 0.5) is 5.69 Å². The maximum Gasteiger partial charge on any atom is 0.265 e. The van der Waals surface area contributed by atoms with Gasteiger partial charge in [0, 0.05) is 17.8 Å². The van der Waals surface area contributed by atoms with Crippen LogP contribution in [0, 0.1) is 0 Å². The molecule has 4 heteroatoms. The van der Waals surface area contributed by atoms with Gasteiger partial charge in [-0.15, -0.1) is 6.58 Å². The number of nitrogens with zero attached hydrogens (tertiary/aromatic N) is 1. The van der Waals surface area contributed by atoms with Crippen LogP contribution < -0.4 is 9.64 Å². The van der Waals surface area contributed by atoms with Gasteiger partial charge >= 0.3 is 0 Å². The normalized spacial score (nSPS) is 9.96. The van der Waals surface area contributed by atoms with Gasteiger partial charge in [0.15, 0.2) is 12.4 Å². The molecule has 0 bridgehead atoms. The molecule has 0 saturated carbocycles. The lowest BCUT2D eigenvalue weighted by molar-refractivity contribution is -0.120. The van der Waals surface area contributed by atoms with Gasteiger partial charge in [-0.05, 0) is 43.3 Å². The first kappa shape index (κ1) is 16.5. The third-order valence-electron chi connectivity index (χ3n) is 3.30. The van der Waals surface area contributed by atoms with Crippen molar-refractivity contribution in [1.29, 1.82) is 0 Å². The first-order valence-corrected chi connectivity index (χ1v) is 7.32. The van der Waals surface area contributed by atoms with Gasteiger partial charge in [0.05, 0.1) is 0 Å². The van der Waals surface area contributed by atoms with E-state index in [0.29, 0.717) is 17.9 Å². The molecule has 0 N–H and O–H groups in total. The van der Waals surface area contributed by atoms with E-state index in [0.717, 1.165) is 5.69 Å². The van der Waals surface area contributed by atoms with E-state index in [9.17, 15) is 9.59 Å². The van der Waals surface area contributed by atoms with Crippen molar-refractivity contribution in [3.05, 3.63) is 72.8 Å². The topological polar surface area (TPSA) is 46.6 Å². The first-order valence-electron chi connectivity index (χ1n) is 7.32. The lowest BCUT2D eigenvalue weighted by atomic mass is 10.1. The number of benzene rings is 2. The van der Waals surface area contributed by atoms with Crippen molar-refractivity contribution in [2.75, 3.05) is 18.1 Å². The summed E-state index contributed by atoms with van der Waals surface area (Å²) in [6.07, 6.45) is 1.67. The Morgan fingerprint density at radius 3 is 2.30 bits per heavy atom. The third kappa shape index (κ3) is 4.54. The highest BCUT2D eigenvalue weighted by molar-refractivity contribution is 5.95. The monoisotopic (exact) mass is 309 g/mol. The van der Waals surface area contributed by atoms with Crippen LogP contribution in [0.15, 0.2) is 67.3 Å². The molecule has 23 heavy (non-hydrogen) atoms. The minimum absolute atomic E-state index is 0.00568. The van der Waals surface area contributed by atoms with Crippen molar-refractivity contribution in [2.24, 2.45) is 0 Å². The number of para-hydroxylation sites is 1.